The van der Waals surface area contributed by atoms with Crippen LogP contribution in [0, 0.1) is 19.7 Å². The van der Waals surface area contributed by atoms with E-state index in [2.05, 4.69) is 5.32 Å². The Balaban J connectivity index is 1.36. The molecule has 3 aromatic rings. The first-order valence-corrected chi connectivity index (χ1v) is 19.4. The highest BCUT2D eigenvalue weighted by Gasteiger charge is 2.35. The lowest BCUT2D eigenvalue weighted by Gasteiger charge is -2.30. The molecular weight excluding hydrogens is 753 g/mol. The zero-order valence-electron chi connectivity index (χ0n) is 34.3. The molecule has 0 unspecified atom stereocenters. The fourth-order valence-corrected chi connectivity index (χ4v) is 7.00. The molecule has 58 heavy (non-hydrogen) atoms. The number of rotatable bonds is 14. The molecule has 0 spiro atoms. The lowest BCUT2D eigenvalue weighted by Crippen LogP contribution is -2.50. The molecule has 3 aromatic carbocycles. The first kappa shape index (κ1) is 43.9. The van der Waals surface area contributed by atoms with Gasteiger partial charge in [0.05, 0.1) is 23.8 Å². The number of carbonyl (C=O) groups excluding carboxylic acids is 4. The van der Waals surface area contributed by atoms with E-state index in [1.807, 2.05) is 18.7 Å². The summed E-state index contributed by atoms with van der Waals surface area (Å²) in [6.45, 7) is 10.3. The molecule has 1 N–H and O–H groups in total. The van der Waals surface area contributed by atoms with Gasteiger partial charge in [-0.3, -0.25) is 9.59 Å². The smallest absolute Gasteiger partial charge is 0.467 e. The van der Waals surface area contributed by atoms with Crippen LogP contribution in [0.3, 0.4) is 0 Å². The third-order valence-electron chi connectivity index (χ3n) is 9.68. The number of halogens is 1. The molecule has 0 aliphatic carbocycles. The van der Waals surface area contributed by atoms with E-state index in [1.54, 1.807) is 45.0 Å². The van der Waals surface area contributed by atoms with Gasteiger partial charge in [-0.25, -0.2) is 14.0 Å². The molecule has 314 valence electrons. The Morgan fingerprint density at radius 3 is 2.09 bits per heavy atom. The van der Waals surface area contributed by atoms with Crippen LogP contribution in [-0.2, 0) is 23.8 Å². The zero-order valence-corrected chi connectivity index (χ0v) is 34.3. The van der Waals surface area contributed by atoms with Crippen molar-refractivity contribution >= 4 is 29.5 Å². The Bertz CT molecular complexity index is 1900. The Kier molecular flexibility index (Phi) is 15.1. The molecule has 14 nitrogen and oxygen atoms in total. The molecule has 2 saturated heterocycles. The molecule has 0 aromatic heterocycles. The van der Waals surface area contributed by atoms with Crippen LogP contribution in [0.4, 0.5) is 14.9 Å². The highest BCUT2D eigenvalue weighted by Crippen LogP contribution is 2.34. The summed E-state index contributed by atoms with van der Waals surface area (Å²) < 4.78 is 48.9. The number of methoxy groups -OCH3 is 2. The summed E-state index contributed by atoms with van der Waals surface area (Å²) in [5.74, 6) is -1.82. The minimum atomic E-state index is -0.906. The SMILES string of the molecule is COCOc1ccc(N2CCCCC2)c(F)c1C(=O)c1ccc(C(=O)O[C@@H]2CCCN(OC(=O)OC(C)(C)C)C[C@H]2NC(=O)c2cc(C)c(OCOC)c(C)c2)cc1. The largest absolute Gasteiger partial charge is 0.528 e. The number of esters is 1. The molecule has 0 bridgehead atoms. The number of piperidine rings is 1. The molecular formula is C43H54FN3O11. The van der Waals surface area contributed by atoms with Crippen molar-refractivity contribution in [3.05, 3.63) is 87.7 Å². The number of anilines is 1. The monoisotopic (exact) mass is 807 g/mol. The number of nitrogens with one attached hydrogen (secondary N) is 1. The Hall–Kier alpha value is -5.25. The Morgan fingerprint density at radius 1 is 0.810 bits per heavy atom. The van der Waals surface area contributed by atoms with Crippen molar-refractivity contribution in [1.29, 1.82) is 0 Å². The van der Waals surface area contributed by atoms with Crippen molar-refractivity contribution in [3.8, 4) is 11.5 Å². The number of hydrogen-bond acceptors (Lipinski definition) is 13. The van der Waals surface area contributed by atoms with E-state index < -0.39 is 47.4 Å². The maximum atomic E-state index is 16.2. The van der Waals surface area contributed by atoms with Crippen LogP contribution in [0.2, 0.25) is 0 Å². The Labute approximate surface area is 338 Å². The van der Waals surface area contributed by atoms with Gasteiger partial charge in [0.2, 0.25) is 0 Å². The van der Waals surface area contributed by atoms with Crippen LogP contribution < -0.4 is 19.7 Å². The summed E-state index contributed by atoms with van der Waals surface area (Å²) in [5, 5.41) is 4.37. The van der Waals surface area contributed by atoms with E-state index in [1.165, 1.54) is 43.5 Å². The number of ether oxygens (including phenoxy) is 6. The van der Waals surface area contributed by atoms with Gasteiger partial charge in [0.25, 0.3) is 5.91 Å². The number of hydroxylamine groups is 2. The van der Waals surface area contributed by atoms with Crippen LogP contribution in [0.25, 0.3) is 0 Å². The van der Waals surface area contributed by atoms with Gasteiger partial charge in [-0.05, 0) is 114 Å². The summed E-state index contributed by atoms with van der Waals surface area (Å²) >= 11 is 0. The fourth-order valence-electron chi connectivity index (χ4n) is 7.00. The molecule has 2 aliphatic heterocycles. The standard InChI is InChI=1S/C43H54FN3O11/c1-27-22-31(23-28(2)39(27)55-26-53-7)40(49)45-32-24-47(58-42(51)57-43(3,4)5)21-11-12-34(32)56-41(50)30-15-13-29(14-16-30)38(48)36-35(54-25-52-6)18-17-33(37(36)44)46-19-9-8-10-20-46/h13-18,22-23,32,34H,8-12,19-21,24-26H2,1-7H3,(H,45,49)/t32-,34-/m1/s1. The normalized spacial score (nSPS) is 17.5. The second kappa shape index (κ2) is 19.9. The van der Waals surface area contributed by atoms with Crippen molar-refractivity contribution in [1.82, 2.24) is 10.4 Å². The quantitative estimate of drug-likeness (QED) is 0.102. The van der Waals surface area contributed by atoms with Crippen LogP contribution in [-0.4, -0.2) is 101 Å². The molecule has 15 heteroatoms. The molecule has 2 fully saturated rings. The van der Waals surface area contributed by atoms with Gasteiger partial charge in [0, 0.05) is 45.0 Å². The lowest BCUT2D eigenvalue weighted by molar-refractivity contribution is -0.144. The van der Waals surface area contributed by atoms with E-state index in [-0.39, 0.29) is 49.1 Å². The number of aryl methyl sites for hydroxylation is 2. The predicted octanol–water partition coefficient (Wildman–Crippen LogP) is 6.92. The molecule has 2 aliphatic rings. The minimum absolute atomic E-state index is 0.0150. The number of hydrogen-bond donors (Lipinski definition) is 1. The van der Waals surface area contributed by atoms with Crippen molar-refractivity contribution in [3.63, 3.8) is 0 Å². The highest BCUT2D eigenvalue weighted by atomic mass is 19.1. The van der Waals surface area contributed by atoms with Gasteiger partial charge in [-0.2, -0.15) is 0 Å². The van der Waals surface area contributed by atoms with Crippen LogP contribution in [0.15, 0.2) is 48.5 Å². The fraction of sp³-hybridized carbons (Fsp3) is 0.488. The number of benzene rings is 3. The van der Waals surface area contributed by atoms with E-state index in [0.29, 0.717) is 42.9 Å². The van der Waals surface area contributed by atoms with Gasteiger partial charge in [-0.1, -0.05) is 12.1 Å². The highest BCUT2D eigenvalue weighted by molar-refractivity contribution is 6.11. The molecule has 5 rings (SSSR count). The van der Waals surface area contributed by atoms with Crippen LogP contribution in [0.1, 0.15) is 101 Å². The van der Waals surface area contributed by atoms with Gasteiger partial charge in [0.1, 0.15) is 28.8 Å². The minimum Gasteiger partial charge on any atom is -0.467 e. The second-order valence-electron chi connectivity index (χ2n) is 15.4. The second-order valence-corrected chi connectivity index (χ2v) is 15.4. The summed E-state index contributed by atoms with van der Waals surface area (Å²) in [7, 11) is 2.95. The number of ketones is 1. The summed E-state index contributed by atoms with van der Waals surface area (Å²) in [5.41, 5.74) is 1.35. The average molecular weight is 808 g/mol. The Morgan fingerprint density at radius 2 is 1.45 bits per heavy atom. The third kappa shape index (κ3) is 11.4. The number of amides is 1. The van der Waals surface area contributed by atoms with Crippen molar-refractivity contribution in [2.24, 2.45) is 0 Å². The number of carbonyl (C=O) groups is 4. The van der Waals surface area contributed by atoms with Gasteiger partial charge in [0.15, 0.2) is 25.2 Å². The van der Waals surface area contributed by atoms with E-state index in [9.17, 15) is 19.2 Å². The van der Waals surface area contributed by atoms with Crippen molar-refractivity contribution in [2.75, 3.05) is 58.9 Å². The molecule has 2 heterocycles. The van der Waals surface area contributed by atoms with E-state index in [4.69, 9.17) is 33.3 Å². The first-order valence-electron chi connectivity index (χ1n) is 19.4. The van der Waals surface area contributed by atoms with Gasteiger partial charge in [-0.15, -0.1) is 5.06 Å². The van der Waals surface area contributed by atoms with Gasteiger partial charge >= 0.3 is 12.1 Å². The maximum Gasteiger partial charge on any atom is 0.528 e. The van der Waals surface area contributed by atoms with E-state index in [0.717, 1.165) is 30.4 Å². The predicted molar refractivity (Wildman–Crippen MR) is 212 cm³/mol. The maximum absolute atomic E-state index is 16.2. The van der Waals surface area contributed by atoms with Gasteiger partial charge < -0.3 is 43.5 Å². The molecule has 1 amide bonds. The molecule has 0 saturated carbocycles. The van der Waals surface area contributed by atoms with Crippen molar-refractivity contribution < 1.29 is 56.8 Å². The van der Waals surface area contributed by atoms with Crippen LogP contribution in [0.5, 0.6) is 11.5 Å². The molecule has 0 radical (unpaired) electrons. The first-order chi connectivity index (χ1) is 27.7. The summed E-state index contributed by atoms with van der Waals surface area (Å²) in [6.07, 6.45) is 1.92. The summed E-state index contributed by atoms with van der Waals surface area (Å²) in [4.78, 5) is 61.4. The van der Waals surface area contributed by atoms with Crippen LogP contribution >= 0.6 is 0 Å². The lowest BCUT2D eigenvalue weighted by atomic mass is 9.99. The molecule has 2 atom stereocenters. The average Bonchev–Trinajstić information content (AvgIpc) is 3.36. The zero-order chi connectivity index (χ0) is 42.0. The third-order valence-corrected chi connectivity index (χ3v) is 9.68. The topological polar surface area (TPSA) is 151 Å². The summed E-state index contributed by atoms with van der Waals surface area (Å²) in [6, 6.07) is 11.5. The number of nitrogens with zero attached hydrogens (tertiary/aromatic N) is 2. The van der Waals surface area contributed by atoms with E-state index >= 15 is 4.39 Å². The van der Waals surface area contributed by atoms with Crippen molar-refractivity contribution in [2.45, 2.75) is 84.5 Å².